The number of carbonyl (C=O) groups excluding carboxylic acids is 1. The quantitative estimate of drug-likeness (QED) is 0.275. The van der Waals surface area contributed by atoms with E-state index >= 15 is 0 Å². The topological polar surface area (TPSA) is 135 Å². The van der Waals surface area contributed by atoms with Gasteiger partial charge in [0.2, 0.25) is 5.91 Å². The molecule has 0 saturated heterocycles. The molecule has 39 heavy (non-hydrogen) atoms. The van der Waals surface area contributed by atoms with Gasteiger partial charge in [0.25, 0.3) is 0 Å². The van der Waals surface area contributed by atoms with Gasteiger partial charge >= 0.3 is 0 Å². The molecule has 196 valence electrons. The lowest BCUT2D eigenvalue weighted by Crippen LogP contribution is -2.19. The van der Waals surface area contributed by atoms with E-state index in [1.54, 1.807) is 30.9 Å². The molecule has 0 fully saturated rings. The minimum Gasteiger partial charge on any atom is -0.335 e. The van der Waals surface area contributed by atoms with Gasteiger partial charge in [0.1, 0.15) is 11.2 Å². The molecule has 6 heterocycles. The van der Waals surface area contributed by atoms with Crippen LogP contribution in [0.1, 0.15) is 43.1 Å². The van der Waals surface area contributed by atoms with Crippen molar-refractivity contribution >= 4 is 39.7 Å². The first-order chi connectivity index (χ1) is 19.0. The van der Waals surface area contributed by atoms with Crippen molar-refractivity contribution in [2.75, 3.05) is 5.32 Å². The zero-order valence-corrected chi connectivity index (χ0v) is 21.9. The van der Waals surface area contributed by atoms with E-state index in [9.17, 15) is 9.18 Å². The molecule has 0 spiro atoms. The van der Waals surface area contributed by atoms with E-state index in [1.165, 1.54) is 6.07 Å². The van der Waals surface area contributed by atoms with Crippen molar-refractivity contribution < 1.29 is 9.18 Å². The molecular formula is C28H25FN8OS. The van der Waals surface area contributed by atoms with E-state index in [1.807, 2.05) is 25.3 Å². The average Bonchev–Trinajstić information content (AvgIpc) is 3.53. The third-order valence-electron chi connectivity index (χ3n) is 6.50. The molecule has 9 nitrogen and oxygen atoms in total. The summed E-state index contributed by atoms with van der Waals surface area (Å²) in [6.07, 6.45) is 10.7. The number of hydrogen-bond donors (Lipinski definition) is 3. The number of rotatable bonds is 6. The number of halogens is 1. The molecule has 4 N–H and O–H groups in total. The van der Waals surface area contributed by atoms with Gasteiger partial charge in [-0.05, 0) is 49.1 Å². The number of carbonyl (C=O) groups is 1. The van der Waals surface area contributed by atoms with E-state index in [0.717, 1.165) is 44.9 Å². The fourth-order valence-corrected chi connectivity index (χ4v) is 5.38. The number of pyridine rings is 3. The van der Waals surface area contributed by atoms with Gasteiger partial charge in [0.05, 0.1) is 35.5 Å². The minimum absolute atomic E-state index is 0.0567. The van der Waals surface area contributed by atoms with Crippen molar-refractivity contribution in [3.05, 3.63) is 77.3 Å². The number of aryl methyl sites for hydroxylation is 1. The van der Waals surface area contributed by atoms with E-state index in [4.69, 9.17) is 15.7 Å². The molecule has 5 aromatic rings. The fraction of sp³-hybridized carbons (Fsp3) is 0.214. The molecule has 0 aromatic carbocycles. The molecule has 6 rings (SSSR count). The number of aromatic amines is 1. The highest BCUT2D eigenvalue weighted by Crippen LogP contribution is 2.33. The summed E-state index contributed by atoms with van der Waals surface area (Å²) in [6, 6.07) is 6.98. The van der Waals surface area contributed by atoms with E-state index in [2.05, 4.69) is 25.3 Å². The van der Waals surface area contributed by atoms with Crippen LogP contribution in [0.4, 0.5) is 10.1 Å². The smallest absolute Gasteiger partial charge is 0.224 e. The number of thiophene rings is 1. The maximum Gasteiger partial charge on any atom is 0.224 e. The van der Waals surface area contributed by atoms with Crippen LogP contribution in [-0.2, 0) is 11.2 Å². The summed E-state index contributed by atoms with van der Waals surface area (Å²) in [5, 5.41) is 2.62. The Balaban J connectivity index is 1.42. The lowest BCUT2D eigenvalue weighted by Gasteiger charge is -2.11. The van der Waals surface area contributed by atoms with Crippen LogP contribution in [-0.4, -0.2) is 42.7 Å². The Labute approximate surface area is 227 Å². The summed E-state index contributed by atoms with van der Waals surface area (Å²) < 4.78 is 13.8. The first-order valence-corrected chi connectivity index (χ1v) is 13.5. The predicted molar refractivity (Wildman–Crippen MR) is 150 cm³/mol. The van der Waals surface area contributed by atoms with Crippen molar-refractivity contribution in [2.24, 2.45) is 10.7 Å². The molecule has 1 unspecified atom stereocenters. The first kappa shape index (κ1) is 25.0. The second-order valence-electron chi connectivity index (χ2n) is 9.34. The Morgan fingerprint density at radius 2 is 2.03 bits per heavy atom. The van der Waals surface area contributed by atoms with Gasteiger partial charge in [0.15, 0.2) is 11.0 Å². The Morgan fingerprint density at radius 3 is 2.85 bits per heavy atom. The van der Waals surface area contributed by atoms with Gasteiger partial charge in [-0.1, -0.05) is 6.92 Å². The van der Waals surface area contributed by atoms with Gasteiger partial charge in [-0.3, -0.25) is 24.7 Å². The van der Waals surface area contributed by atoms with Crippen LogP contribution in [0.3, 0.4) is 0 Å². The maximum atomic E-state index is 13.8. The van der Waals surface area contributed by atoms with E-state index in [0.29, 0.717) is 53.2 Å². The number of aliphatic imine (C=N–C) groups is 1. The van der Waals surface area contributed by atoms with Crippen molar-refractivity contribution in [2.45, 2.75) is 38.8 Å². The van der Waals surface area contributed by atoms with Gasteiger partial charge < -0.3 is 16.0 Å². The molecule has 1 atom stereocenters. The number of anilines is 1. The van der Waals surface area contributed by atoms with Crippen LogP contribution in [0.15, 0.2) is 60.2 Å². The molecule has 0 aliphatic carbocycles. The van der Waals surface area contributed by atoms with Crippen molar-refractivity contribution in [3.8, 4) is 21.7 Å². The van der Waals surface area contributed by atoms with Crippen LogP contribution in [0.25, 0.3) is 32.7 Å². The summed E-state index contributed by atoms with van der Waals surface area (Å²) in [7, 11) is 0. The van der Waals surface area contributed by atoms with E-state index in [-0.39, 0.29) is 11.0 Å². The van der Waals surface area contributed by atoms with Crippen molar-refractivity contribution in [1.29, 1.82) is 0 Å². The predicted octanol–water partition coefficient (Wildman–Crippen LogP) is 5.09. The van der Waals surface area contributed by atoms with Crippen LogP contribution in [0, 0.1) is 5.13 Å². The molecule has 11 heteroatoms. The zero-order valence-electron chi connectivity index (χ0n) is 21.1. The highest BCUT2D eigenvalue weighted by Gasteiger charge is 2.23. The highest BCUT2D eigenvalue weighted by molar-refractivity contribution is 7.14. The van der Waals surface area contributed by atoms with Gasteiger partial charge in [-0.15, -0.1) is 11.3 Å². The second-order valence-corrected chi connectivity index (χ2v) is 10.4. The number of nitrogens with two attached hydrogens (primary N) is 1. The molecule has 1 aliphatic heterocycles. The number of aromatic nitrogens is 5. The molecule has 0 saturated carbocycles. The summed E-state index contributed by atoms with van der Waals surface area (Å²) in [5.74, 6) is 0.490. The number of fused-ring (bicyclic) bond motifs is 2. The third-order valence-corrected chi connectivity index (χ3v) is 7.40. The number of imidazole rings is 1. The Bertz CT molecular complexity index is 1730. The summed E-state index contributed by atoms with van der Waals surface area (Å²) in [5.41, 5.74) is 13.0. The Hall–Kier alpha value is -4.35. The molecule has 0 radical (unpaired) electrons. The summed E-state index contributed by atoms with van der Waals surface area (Å²) in [6.45, 7) is 1.96. The molecule has 1 aliphatic rings. The number of nitrogens with zero attached hydrogens (tertiary/aromatic N) is 5. The maximum absolute atomic E-state index is 13.8. The Kier molecular flexibility index (Phi) is 6.67. The second kappa shape index (κ2) is 10.4. The van der Waals surface area contributed by atoms with Crippen molar-refractivity contribution in [3.63, 3.8) is 0 Å². The monoisotopic (exact) mass is 540 g/mol. The lowest BCUT2D eigenvalue weighted by atomic mass is 9.99. The third kappa shape index (κ3) is 5.06. The number of nitrogens with one attached hydrogen (secondary N) is 2. The van der Waals surface area contributed by atoms with Crippen LogP contribution in [0.5, 0.6) is 0 Å². The molecular weight excluding hydrogens is 515 g/mol. The summed E-state index contributed by atoms with van der Waals surface area (Å²) in [4.78, 5) is 39.2. The first-order valence-electron chi connectivity index (χ1n) is 12.7. The summed E-state index contributed by atoms with van der Waals surface area (Å²) >= 11 is 1.05. The standard InChI is InChI=1S/C28H25FN8OS/c1-2-3-25(38)34-17-8-16(10-31-12-17)20-9-18-15(11-33-20)4-7-24(30)36-27(18)28-35-21-14-32-13-19(26(21)37-28)22-5-6-23(29)39-22/h5-6,8-14,24H,2-4,7,30H2,1H3,(H,34,38)(H,35,37). The lowest BCUT2D eigenvalue weighted by molar-refractivity contribution is -0.116. The molecule has 1 amide bonds. The van der Waals surface area contributed by atoms with Gasteiger partial charge in [0, 0.05) is 46.6 Å². The molecule has 0 bridgehead atoms. The average molecular weight is 541 g/mol. The zero-order chi connectivity index (χ0) is 26.9. The number of H-pyrrole nitrogens is 1. The van der Waals surface area contributed by atoms with Gasteiger partial charge in [-0.25, -0.2) is 4.98 Å². The number of hydrogen-bond acceptors (Lipinski definition) is 8. The SMILES string of the molecule is CCCC(=O)Nc1cncc(-c2cc3c(cn2)CCC(N)N=C3c2nc3c(-c4ccc(F)s4)cncc3[nH]2)c1. The molecule has 5 aromatic heterocycles. The Morgan fingerprint density at radius 1 is 1.15 bits per heavy atom. The normalized spacial score (nSPS) is 15.1. The minimum atomic E-state index is -0.410. The number of amides is 1. The van der Waals surface area contributed by atoms with Gasteiger partial charge in [-0.2, -0.15) is 4.39 Å². The van der Waals surface area contributed by atoms with Crippen molar-refractivity contribution in [1.82, 2.24) is 24.9 Å². The van der Waals surface area contributed by atoms with Crippen LogP contribution >= 0.6 is 11.3 Å². The fourth-order valence-electron chi connectivity index (χ4n) is 4.64. The van der Waals surface area contributed by atoms with E-state index < -0.39 is 6.17 Å². The van der Waals surface area contributed by atoms with Crippen LogP contribution in [0.2, 0.25) is 0 Å². The van der Waals surface area contributed by atoms with Crippen LogP contribution < -0.4 is 11.1 Å². The highest BCUT2D eigenvalue weighted by atomic mass is 32.1. The largest absolute Gasteiger partial charge is 0.335 e.